The van der Waals surface area contributed by atoms with Gasteiger partial charge in [0.05, 0.1) is 11.4 Å². The fraction of sp³-hybridized carbons (Fsp3) is 0.316. The third-order valence-electron chi connectivity index (χ3n) is 3.83. The molecule has 2 aromatic rings. The van der Waals surface area contributed by atoms with Crippen molar-refractivity contribution in [1.82, 2.24) is 9.62 Å². The van der Waals surface area contributed by atoms with E-state index in [0.717, 1.165) is 18.4 Å². The standard InChI is InChI=1S/C19H23ClN2O3S/c1-2-3-13-21-19(23)15-22(14-16-9-11-17(20)12-10-16)26(24,25)18-7-5-4-6-8-18/h4-12H,2-3,13-15H2,1H3,(H,21,23). The molecule has 0 saturated heterocycles. The molecule has 0 atom stereocenters. The molecule has 0 fully saturated rings. The van der Waals surface area contributed by atoms with Crippen LogP contribution in [0.1, 0.15) is 25.3 Å². The minimum absolute atomic E-state index is 0.0929. The van der Waals surface area contributed by atoms with Gasteiger partial charge < -0.3 is 5.32 Å². The minimum atomic E-state index is -3.80. The van der Waals surface area contributed by atoms with E-state index >= 15 is 0 Å². The molecular weight excluding hydrogens is 372 g/mol. The highest BCUT2D eigenvalue weighted by molar-refractivity contribution is 7.89. The SMILES string of the molecule is CCCCNC(=O)CN(Cc1ccc(Cl)cc1)S(=O)(=O)c1ccccc1. The van der Waals surface area contributed by atoms with Crippen LogP contribution in [-0.4, -0.2) is 31.7 Å². The van der Waals surface area contributed by atoms with Crippen molar-refractivity contribution in [2.75, 3.05) is 13.1 Å². The number of nitrogens with one attached hydrogen (secondary N) is 1. The summed E-state index contributed by atoms with van der Waals surface area (Å²) in [5.41, 5.74) is 0.760. The average Bonchev–Trinajstić information content (AvgIpc) is 2.64. The third kappa shape index (κ3) is 5.83. The summed E-state index contributed by atoms with van der Waals surface area (Å²) in [6.45, 7) is 2.42. The topological polar surface area (TPSA) is 66.5 Å². The molecule has 2 rings (SSSR count). The Balaban J connectivity index is 2.23. The van der Waals surface area contributed by atoms with Crippen molar-refractivity contribution in [2.24, 2.45) is 0 Å². The van der Waals surface area contributed by atoms with Gasteiger partial charge in [-0.15, -0.1) is 0 Å². The fourth-order valence-corrected chi connectivity index (χ4v) is 3.91. The Labute approximate surface area is 160 Å². The Kier molecular flexibility index (Phi) is 7.63. The second kappa shape index (κ2) is 9.71. The smallest absolute Gasteiger partial charge is 0.243 e. The van der Waals surface area contributed by atoms with Crippen LogP contribution in [0, 0.1) is 0 Å². The van der Waals surface area contributed by atoms with E-state index in [0.29, 0.717) is 11.6 Å². The maximum absolute atomic E-state index is 13.0. The first-order chi connectivity index (χ1) is 12.4. The quantitative estimate of drug-likeness (QED) is 0.662. The van der Waals surface area contributed by atoms with Gasteiger partial charge in [0.2, 0.25) is 15.9 Å². The lowest BCUT2D eigenvalue weighted by Gasteiger charge is -2.22. The van der Waals surface area contributed by atoms with E-state index in [1.54, 1.807) is 42.5 Å². The molecule has 2 aromatic carbocycles. The Bertz CT molecular complexity index is 808. The van der Waals surface area contributed by atoms with Gasteiger partial charge in [-0.05, 0) is 36.2 Å². The third-order valence-corrected chi connectivity index (χ3v) is 5.88. The maximum Gasteiger partial charge on any atom is 0.243 e. The molecule has 0 radical (unpaired) electrons. The lowest BCUT2D eigenvalue weighted by molar-refractivity contribution is -0.121. The monoisotopic (exact) mass is 394 g/mol. The summed E-state index contributed by atoms with van der Waals surface area (Å²) in [6, 6.07) is 15.0. The molecule has 1 amide bonds. The number of benzene rings is 2. The first kappa shape index (κ1) is 20.4. The van der Waals surface area contributed by atoms with Crippen LogP contribution in [0.3, 0.4) is 0 Å². The molecule has 0 unspecified atom stereocenters. The molecule has 7 heteroatoms. The van der Waals surface area contributed by atoms with Gasteiger partial charge in [-0.25, -0.2) is 8.42 Å². The number of amides is 1. The Hall–Kier alpha value is -1.89. The van der Waals surface area contributed by atoms with Crippen LogP contribution in [0.25, 0.3) is 0 Å². The van der Waals surface area contributed by atoms with Crippen LogP contribution in [0.15, 0.2) is 59.5 Å². The summed E-state index contributed by atoms with van der Waals surface area (Å²) in [7, 11) is -3.80. The average molecular weight is 395 g/mol. The molecule has 0 saturated carbocycles. The van der Waals surface area contributed by atoms with Crippen molar-refractivity contribution in [3.8, 4) is 0 Å². The molecular formula is C19H23ClN2O3S. The highest BCUT2D eigenvalue weighted by atomic mass is 35.5. The number of sulfonamides is 1. The largest absolute Gasteiger partial charge is 0.355 e. The first-order valence-electron chi connectivity index (χ1n) is 8.50. The highest BCUT2D eigenvalue weighted by Gasteiger charge is 2.26. The summed E-state index contributed by atoms with van der Waals surface area (Å²) in [5, 5.41) is 3.34. The number of rotatable bonds is 9. The second-order valence-corrected chi connectivity index (χ2v) is 8.29. The van der Waals surface area contributed by atoms with Crippen molar-refractivity contribution in [1.29, 1.82) is 0 Å². The van der Waals surface area contributed by atoms with E-state index in [-0.39, 0.29) is 23.9 Å². The molecule has 0 spiro atoms. The predicted octanol–water partition coefficient (Wildman–Crippen LogP) is 3.45. The van der Waals surface area contributed by atoms with Gasteiger partial charge in [0.15, 0.2) is 0 Å². The zero-order valence-corrected chi connectivity index (χ0v) is 16.3. The van der Waals surface area contributed by atoms with Crippen LogP contribution >= 0.6 is 11.6 Å². The molecule has 140 valence electrons. The van der Waals surface area contributed by atoms with E-state index in [4.69, 9.17) is 11.6 Å². The number of halogens is 1. The van der Waals surface area contributed by atoms with Gasteiger partial charge in [-0.2, -0.15) is 4.31 Å². The van der Waals surface area contributed by atoms with Crippen LogP contribution in [0.4, 0.5) is 0 Å². The van der Waals surface area contributed by atoms with Crippen LogP contribution in [-0.2, 0) is 21.4 Å². The molecule has 26 heavy (non-hydrogen) atoms. The fourth-order valence-electron chi connectivity index (χ4n) is 2.38. The Morgan fingerprint density at radius 2 is 1.73 bits per heavy atom. The van der Waals surface area contributed by atoms with Crippen molar-refractivity contribution in [2.45, 2.75) is 31.2 Å². The zero-order chi connectivity index (χ0) is 19.0. The van der Waals surface area contributed by atoms with Gasteiger partial charge in [-0.3, -0.25) is 4.79 Å². The molecule has 0 bridgehead atoms. The summed E-state index contributed by atoms with van der Waals surface area (Å²) < 4.78 is 27.2. The number of carbonyl (C=O) groups is 1. The molecule has 0 aliphatic carbocycles. The van der Waals surface area contributed by atoms with Crippen molar-refractivity contribution < 1.29 is 13.2 Å². The van der Waals surface area contributed by atoms with Gasteiger partial charge in [0.1, 0.15) is 0 Å². The first-order valence-corrected chi connectivity index (χ1v) is 10.3. The lowest BCUT2D eigenvalue weighted by Crippen LogP contribution is -2.40. The second-order valence-electron chi connectivity index (χ2n) is 5.92. The van der Waals surface area contributed by atoms with Crippen LogP contribution < -0.4 is 5.32 Å². The molecule has 5 nitrogen and oxygen atoms in total. The molecule has 0 aromatic heterocycles. The van der Waals surface area contributed by atoms with Crippen molar-refractivity contribution in [3.63, 3.8) is 0 Å². The Morgan fingerprint density at radius 1 is 1.08 bits per heavy atom. The van der Waals surface area contributed by atoms with Crippen LogP contribution in [0.5, 0.6) is 0 Å². The molecule has 0 aliphatic heterocycles. The Morgan fingerprint density at radius 3 is 2.35 bits per heavy atom. The van der Waals surface area contributed by atoms with Gasteiger partial charge in [-0.1, -0.05) is 55.3 Å². The van der Waals surface area contributed by atoms with E-state index in [9.17, 15) is 13.2 Å². The minimum Gasteiger partial charge on any atom is -0.355 e. The van der Waals surface area contributed by atoms with E-state index in [2.05, 4.69) is 5.32 Å². The summed E-state index contributed by atoms with van der Waals surface area (Å²) in [4.78, 5) is 12.4. The van der Waals surface area contributed by atoms with E-state index in [1.165, 1.54) is 16.4 Å². The molecule has 0 aliphatic rings. The number of nitrogens with zero attached hydrogens (tertiary/aromatic N) is 1. The van der Waals surface area contributed by atoms with Crippen molar-refractivity contribution in [3.05, 3.63) is 65.2 Å². The van der Waals surface area contributed by atoms with E-state index in [1.807, 2.05) is 6.92 Å². The summed E-state index contributed by atoms with van der Waals surface area (Å²) in [6.07, 6.45) is 1.81. The zero-order valence-electron chi connectivity index (χ0n) is 14.7. The predicted molar refractivity (Wildman–Crippen MR) is 103 cm³/mol. The van der Waals surface area contributed by atoms with Gasteiger partial charge >= 0.3 is 0 Å². The van der Waals surface area contributed by atoms with Gasteiger partial charge in [0.25, 0.3) is 0 Å². The summed E-state index contributed by atoms with van der Waals surface area (Å²) >= 11 is 5.89. The van der Waals surface area contributed by atoms with E-state index < -0.39 is 10.0 Å². The number of hydrogen-bond acceptors (Lipinski definition) is 3. The number of hydrogen-bond donors (Lipinski definition) is 1. The summed E-state index contributed by atoms with van der Waals surface area (Å²) in [5.74, 6) is -0.313. The van der Waals surface area contributed by atoms with Crippen LogP contribution in [0.2, 0.25) is 5.02 Å². The maximum atomic E-state index is 13.0. The lowest BCUT2D eigenvalue weighted by atomic mass is 10.2. The highest BCUT2D eigenvalue weighted by Crippen LogP contribution is 2.19. The normalized spacial score (nSPS) is 11.5. The molecule has 0 heterocycles. The van der Waals surface area contributed by atoms with Gasteiger partial charge in [0, 0.05) is 18.1 Å². The molecule has 1 N–H and O–H groups in total. The number of unbranched alkanes of at least 4 members (excludes halogenated alkanes) is 1. The number of carbonyl (C=O) groups excluding carboxylic acids is 1. The van der Waals surface area contributed by atoms with Crippen molar-refractivity contribution >= 4 is 27.5 Å².